The second-order valence-electron chi connectivity index (χ2n) is 5.41. The summed E-state index contributed by atoms with van der Waals surface area (Å²) < 4.78 is 0. The van der Waals surface area contributed by atoms with Crippen molar-refractivity contribution in [3.05, 3.63) is 53.6 Å². The molecule has 0 heterocycles. The molecule has 22 heavy (non-hydrogen) atoms. The number of hydrogen-bond donors (Lipinski definition) is 2. The van der Waals surface area contributed by atoms with Crippen molar-refractivity contribution in [2.24, 2.45) is 5.16 Å². The number of oxime groups is 1. The number of rotatable bonds is 4. The van der Waals surface area contributed by atoms with E-state index < -0.39 is 0 Å². The predicted octanol–water partition coefficient (Wildman–Crippen LogP) is 4.02. The number of nitrogens with zero attached hydrogens (tertiary/aromatic N) is 1. The predicted molar refractivity (Wildman–Crippen MR) is 87.5 cm³/mol. The Morgan fingerprint density at radius 1 is 1.09 bits per heavy atom. The molecule has 0 aliphatic heterocycles. The van der Waals surface area contributed by atoms with Gasteiger partial charge in [-0.3, -0.25) is 4.79 Å². The minimum absolute atomic E-state index is 0.0137. The Bertz CT molecular complexity index is 751. The first-order valence-corrected chi connectivity index (χ1v) is 7.50. The molecule has 0 aromatic heterocycles. The minimum atomic E-state index is 0.0137. The molecule has 2 aromatic rings. The van der Waals surface area contributed by atoms with Gasteiger partial charge in [-0.2, -0.15) is 0 Å². The first-order valence-electron chi connectivity index (χ1n) is 7.50. The Kier molecular flexibility index (Phi) is 3.92. The van der Waals surface area contributed by atoms with Crippen molar-refractivity contribution in [1.82, 2.24) is 0 Å². The molecule has 0 fully saturated rings. The second kappa shape index (κ2) is 6.02. The van der Waals surface area contributed by atoms with Gasteiger partial charge >= 0.3 is 0 Å². The molecule has 0 atom stereocenters. The van der Waals surface area contributed by atoms with Crippen LogP contribution in [0.2, 0.25) is 0 Å². The maximum absolute atomic E-state index is 11.9. The summed E-state index contributed by atoms with van der Waals surface area (Å²) in [6.07, 6.45) is 2.40. The molecule has 2 N–H and O–H groups in total. The summed E-state index contributed by atoms with van der Waals surface area (Å²) in [6.45, 7) is 2.06. The topological polar surface area (TPSA) is 61.7 Å². The molecule has 4 heteroatoms. The average molecular weight is 294 g/mol. The van der Waals surface area contributed by atoms with Crippen LogP contribution in [0.3, 0.4) is 0 Å². The van der Waals surface area contributed by atoms with Crippen LogP contribution in [-0.4, -0.2) is 16.8 Å². The average Bonchev–Trinajstić information content (AvgIpc) is 2.86. The third kappa shape index (κ3) is 2.48. The second-order valence-corrected chi connectivity index (χ2v) is 5.41. The molecule has 0 unspecified atom stereocenters. The fraction of sp³-hybridized carbons (Fsp3) is 0.222. The van der Waals surface area contributed by atoms with Gasteiger partial charge in [0.15, 0.2) is 0 Å². The molecule has 0 bridgehead atoms. The summed E-state index contributed by atoms with van der Waals surface area (Å²) in [5.74, 6) is 0.0137. The number of hydrogen-bond acceptors (Lipinski definition) is 3. The number of fused-ring (bicyclic) bond motifs is 3. The van der Waals surface area contributed by atoms with Gasteiger partial charge in [0.1, 0.15) is 5.71 Å². The van der Waals surface area contributed by atoms with Gasteiger partial charge < -0.3 is 10.5 Å². The quantitative estimate of drug-likeness (QED) is 0.564. The summed E-state index contributed by atoms with van der Waals surface area (Å²) in [4.78, 5) is 11.9. The van der Waals surface area contributed by atoms with Crippen molar-refractivity contribution in [2.75, 3.05) is 5.32 Å². The smallest absolute Gasteiger partial charge is 0.224 e. The first kappa shape index (κ1) is 14.3. The van der Waals surface area contributed by atoms with E-state index in [4.69, 9.17) is 0 Å². The number of benzene rings is 2. The number of nitrogens with one attached hydrogen (secondary N) is 1. The molecule has 4 nitrogen and oxygen atoms in total. The van der Waals surface area contributed by atoms with Crippen molar-refractivity contribution in [3.8, 4) is 11.1 Å². The Morgan fingerprint density at radius 3 is 2.55 bits per heavy atom. The van der Waals surface area contributed by atoms with E-state index in [1.165, 1.54) is 0 Å². The van der Waals surface area contributed by atoms with E-state index in [-0.39, 0.29) is 5.91 Å². The monoisotopic (exact) mass is 294 g/mol. The molecule has 2 aromatic carbocycles. The van der Waals surface area contributed by atoms with E-state index in [0.717, 1.165) is 40.8 Å². The lowest BCUT2D eigenvalue weighted by molar-refractivity contribution is -0.116. The van der Waals surface area contributed by atoms with Crippen LogP contribution < -0.4 is 5.32 Å². The van der Waals surface area contributed by atoms with Crippen molar-refractivity contribution in [1.29, 1.82) is 0 Å². The van der Waals surface area contributed by atoms with Crippen molar-refractivity contribution >= 4 is 17.3 Å². The van der Waals surface area contributed by atoms with Crippen LogP contribution in [0.25, 0.3) is 11.1 Å². The molecule has 3 rings (SSSR count). The number of unbranched alkanes of at least 4 members (excludes halogenated alkanes) is 1. The fourth-order valence-electron chi connectivity index (χ4n) is 2.79. The van der Waals surface area contributed by atoms with Gasteiger partial charge in [-0.25, -0.2) is 0 Å². The molecular weight excluding hydrogens is 276 g/mol. The highest BCUT2D eigenvalue weighted by atomic mass is 16.4. The Morgan fingerprint density at radius 2 is 1.82 bits per heavy atom. The van der Waals surface area contributed by atoms with Crippen molar-refractivity contribution in [2.45, 2.75) is 26.2 Å². The molecule has 112 valence electrons. The van der Waals surface area contributed by atoms with E-state index in [9.17, 15) is 10.0 Å². The lowest BCUT2D eigenvalue weighted by Crippen LogP contribution is -2.11. The molecule has 0 spiro atoms. The summed E-state index contributed by atoms with van der Waals surface area (Å²) >= 11 is 0. The SMILES string of the molecule is CCCCC(=O)Nc1ccc2c(c1)/C(=N/O)c1ccccc1-2. The van der Waals surface area contributed by atoms with Crippen molar-refractivity contribution in [3.63, 3.8) is 0 Å². The van der Waals surface area contributed by atoms with Gasteiger partial charge in [0.05, 0.1) is 0 Å². The Balaban J connectivity index is 1.92. The Labute approximate surface area is 129 Å². The number of carbonyl (C=O) groups excluding carboxylic acids is 1. The third-order valence-electron chi connectivity index (χ3n) is 3.89. The van der Waals surface area contributed by atoms with E-state index in [2.05, 4.69) is 17.4 Å². The minimum Gasteiger partial charge on any atom is -0.410 e. The maximum atomic E-state index is 11.9. The van der Waals surface area contributed by atoms with Gasteiger partial charge in [-0.1, -0.05) is 48.8 Å². The number of carbonyl (C=O) groups is 1. The summed E-state index contributed by atoms with van der Waals surface area (Å²) in [5, 5.41) is 15.7. The zero-order valence-corrected chi connectivity index (χ0v) is 12.5. The zero-order chi connectivity index (χ0) is 15.5. The highest BCUT2D eigenvalue weighted by molar-refractivity contribution is 6.24. The van der Waals surface area contributed by atoms with Gasteiger partial charge in [-0.05, 0) is 29.7 Å². The van der Waals surface area contributed by atoms with Crippen LogP contribution in [-0.2, 0) is 4.79 Å². The van der Waals surface area contributed by atoms with Crippen LogP contribution in [0, 0.1) is 0 Å². The molecule has 0 radical (unpaired) electrons. The summed E-state index contributed by atoms with van der Waals surface area (Å²) in [7, 11) is 0. The van der Waals surface area contributed by atoms with E-state index in [1.54, 1.807) is 0 Å². The molecule has 1 amide bonds. The standard InChI is InChI=1S/C18H18N2O2/c1-2-3-8-17(21)19-12-9-10-14-13-6-4-5-7-15(13)18(20-22)16(14)11-12/h4-7,9-11,22H,2-3,8H2,1H3,(H,19,21)/b20-18+. The molecule has 1 aliphatic carbocycles. The van der Waals surface area contributed by atoms with E-state index in [0.29, 0.717) is 12.1 Å². The largest absolute Gasteiger partial charge is 0.410 e. The highest BCUT2D eigenvalue weighted by Gasteiger charge is 2.25. The third-order valence-corrected chi connectivity index (χ3v) is 3.89. The summed E-state index contributed by atoms with van der Waals surface area (Å²) in [6, 6.07) is 13.5. The number of amides is 1. The van der Waals surface area contributed by atoms with Crippen LogP contribution in [0.1, 0.15) is 37.3 Å². The first-order chi connectivity index (χ1) is 10.7. The lowest BCUT2D eigenvalue weighted by atomic mass is 10.1. The Hall–Kier alpha value is -2.62. The number of anilines is 1. The van der Waals surface area contributed by atoms with Gasteiger partial charge in [0, 0.05) is 23.2 Å². The van der Waals surface area contributed by atoms with E-state index in [1.807, 2.05) is 42.5 Å². The molecule has 0 saturated carbocycles. The molecular formula is C18H18N2O2. The maximum Gasteiger partial charge on any atom is 0.224 e. The van der Waals surface area contributed by atoms with Crippen molar-refractivity contribution < 1.29 is 10.0 Å². The lowest BCUT2D eigenvalue weighted by Gasteiger charge is -2.07. The normalized spacial score (nSPS) is 13.8. The van der Waals surface area contributed by atoms with Gasteiger partial charge in [0.2, 0.25) is 5.91 Å². The van der Waals surface area contributed by atoms with Crippen LogP contribution >= 0.6 is 0 Å². The molecule has 1 aliphatic rings. The fourth-order valence-corrected chi connectivity index (χ4v) is 2.79. The highest BCUT2D eigenvalue weighted by Crippen LogP contribution is 2.38. The van der Waals surface area contributed by atoms with Gasteiger partial charge in [-0.15, -0.1) is 0 Å². The van der Waals surface area contributed by atoms with Gasteiger partial charge in [0.25, 0.3) is 0 Å². The van der Waals surface area contributed by atoms with E-state index >= 15 is 0 Å². The zero-order valence-electron chi connectivity index (χ0n) is 12.5. The molecule has 0 saturated heterocycles. The van der Waals surface area contributed by atoms with Crippen LogP contribution in [0.15, 0.2) is 47.6 Å². The summed E-state index contributed by atoms with van der Waals surface area (Å²) in [5.41, 5.74) is 5.11. The van der Waals surface area contributed by atoms with Crippen LogP contribution in [0.5, 0.6) is 0 Å². The van der Waals surface area contributed by atoms with Crippen LogP contribution in [0.4, 0.5) is 5.69 Å².